The van der Waals surface area contributed by atoms with Gasteiger partial charge in [0.05, 0.1) is 11.1 Å². The topological polar surface area (TPSA) is 117 Å². The van der Waals surface area contributed by atoms with Crippen LogP contribution in [-0.2, 0) is 4.79 Å². The van der Waals surface area contributed by atoms with Gasteiger partial charge in [-0.25, -0.2) is 5.43 Å². The number of halogens is 1. The smallest absolute Gasteiger partial charge is 0.270 e. The largest absolute Gasteiger partial charge is 0.507 e. The minimum Gasteiger partial charge on any atom is -0.507 e. The van der Waals surface area contributed by atoms with Crippen LogP contribution in [0.1, 0.15) is 12.5 Å². The van der Waals surface area contributed by atoms with Crippen LogP contribution >= 0.6 is 15.9 Å². The fourth-order valence-electron chi connectivity index (χ4n) is 1.88. The van der Waals surface area contributed by atoms with E-state index in [2.05, 4.69) is 31.8 Å². The van der Waals surface area contributed by atoms with Crippen molar-refractivity contribution < 1.29 is 14.8 Å². The zero-order valence-corrected chi connectivity index (χ0v) is 14.7. The van der Waals surface area contributed by atoms with E-state index in [0.717, 1.165) is 22.4 Å². The molecule has 9 heteroatoms. The zero-order chi connectivity index (χ0) is 18.4. The molecule has 0 bridgehead atoms. The van der Waals surface area contributed by atoms with Crippen LogP contribution in [0.25, 0.3) is 0 Å². The van der Waals surface area contributed by atoms with Gasteiger partial charge >= 0.3 is 0 Å². The molecule has 0 aliphatic carbocycles. The highest BCUT2D eigenvalue weighted by Gasteiger charge is 2.12. The van der Waals surface area contributed by atoms with Crippen LogP contribution < -0.4 is 10.7 Å². The maximum Gasteiger partial charge on any atom is 0.270 e. The molecule has 0 fully saturated rings. The van der Waals surface area contributed by atoms with Crippen molar-refractivity contribution in [2.45, 2.75) is 13.0 Å². The molecule has 0 saturated heterocycles. The Morgan fingerprint density at radius 3 is 2.64 bits per heavy atom. The monoisotopic (exact) mass is 406 g/mol. The van der Waals surface area contributed by atoms with Gasteiger partial charge in [-0.15, -0.1) is 0 Å². The number of rotatable bonds is 6. The predicted octanol–water partition coefficient (Wildman–Crippen LogP) is 3.01. The van der Waals surface area contributed by atoms with Gasteiger partial charge in [-0.3, -0.25) is 14.9 Å². The first kappa shape index (κ1) is 18.4. The van der Waals surface area contributed by atoms with Crippen molar-refractivity contribution in [3.8, 4) is 5.75 Å². The van der Waals surface area contributed by atoms with Crippen molar-refractivity contribution >= 4 is 39.4 Å². The third-order valence-electron chi connectivity index (χ3n) is 3.22. The van der Waals surface area contributed by atoms with Gasteiger partial charge in [0.1, 0.15) is 11.8 Å². The molecule has 0 radical (unpaired) electrons. The number of nitrogens with zero attached hydrogens (tertiary/aromatic N) is 2. The number of hydrogen-bond acceptors (Lipinski definition) is 6. The quantitative estimate of drug-likeness (QED) is 0.387. The van der Waals surface area contributed by atoms with Gasteiger partial charge < -0.3 is 10.4 Å². The molecule has 0 saturated carbocycles. The third-order valence-corrected chi connectivity index (χ3v) is 3.75. The highest BCUT2D eigenvalue weighted by atomic mass is 79.9. The summed E-state index contributed by atoms with van der Waals surface area (Å²) in [4.78, 5) is 22.1. The number of aromatic hydroxyl groups is 1. The molecule has 2 aromatic rings. The number of benzene rings is 2. The van der Waals surface area contributed by atoms with E-state index < -0.39 is 16.9 Å². The molecule has 0 aliphatic rings. The second-order valence-electron chi connectivity index (χ2n) is 5.11. The first-order valence-electron chi connectivity index (χ1n) is 7.19. The number of non-ortho nitro benzene ring substituents is 1. The number of hydrazone groups is 1. The average molecular weight is 407 g/mol. The summed E-state index contributed by atoms with van der Waals surface area (Å²) in [5.74, 6) is -0.575. The standard InChI is InChI=1S/C16H15BrN4O4/c1-10(19-13-4-2-12(17)3-5-13)16(23)20-18-9-11-8-14(21(24)25)6-7-15(11)22/h2-10,19,22H,1H3,(H,20,23)/t10-/m0/s1. The number of phenolic OH excluding ortho intramolecular Hbond substituents is 1. The first-order chi connectivity index (χ1) is 11.9. The SMILES string of the molecule is C[C@H](Nc1ccc(Br)cc1)C(=O)NN=Cc1cc([N+](=O)[O-])ccc1O. The Morgan fingerprint density at radius 1 is 1.32 bits per heavy atom. The van der Waals surface area contributed by atoms with Gasteiger partial charge in [0.25, 0.3) is 11.6 Å². The summed E-state index contributed by atoms with van der Waals surface area (Å²) in [5.41, 5.74) is 3.03. The van der Waals surface area contributed by atoms with Gasteiger partial charge in [-0.1, -0.05) is 15.9 Å². The molecule has 0 aliphatic heterocycles. The summed E-state index contributed by atoms with van der Waals surface area (Å²) in [7, 11) is 0. The highest BCUT2D eigenvalue weighted by Crippen LogP contribution is 2.21. The molecular formula is C16H15BrN4O4. The van der Waals surface area contributed by atoms with E-state index in [1.807, 2.05) is 24.3 Å². The van der Waals surface area contributed by atoms with Gasteiger partial charge in [0.15, 0.2) is 0 Å². The molecule has 130 valence electrons. The van der Waals surface area contributed by atoms with E-state index in [-0.39, 0.29) is 17.0 Å². The number of amides is 1. The molecule has 0 heterocycles. The molecule has 0 unspecified atom stereocenters. The number of anilines is 1. The van der Waals surface area contributed by atoms with Crippen molar-refractivity contribution in [2.24, 2.45) is 5.10 Å². The lowest BCUT2D eigenvalue weighted by Gasteiger charge is -2.13. The van der Waals surface area contributed by atoms with Gasteiger partial charge in [-0.05, 0) is 37.3 Å². The number of nitro groups is 1. The number of carbonyl (C=O) groups excluding carboxylic acids is 1. The van der Waals surface area contributed by atoms with Crippen LogP contribution in [0.3, 0.4) is 0 Å². The summed E-state index contributed by atoms with van der Waals surface area (Å²) < 4.78 is 0.927. The van der Waals surface area contributed by atoms with Crippen LogP contribution in [0.5, 0.6) is 5.75 Å². The lowest BCUT2D eigenvalue weighted by atomic mass is 10.2. The Morgan fingerprint density at radius 2 is 2.00 bits per heavy atom. The number of phenols is 1. The minimum absolute atomic E-state index is 0.128. The predicted molar refractivity (Wildman–Crippen MR) is 97.7 cm³/mol. The van der Waals surface area contributed by atoms with E-state index in [4.69, 9.17) is 0 Å². The molecule has 2 aromatic carbocycles. The first-order valence-corrected chi connectivity index (χ1v) is 7.98. The normalized spacial score (nSPS) is 11.9. The van der Waals surface area contributed by atoms with Crippen LogP contribution in [0.4, 0.5) is 11.4 Å². The lowest BCUT2D eigenvalue weighted by Crippen LogP contribution is -2.34. The third kappa shape index (κ3) is 5.28. The van der Waals surface area contributed by atoms with E-state index in [1.54, 1.807) is 6.92 Å². The Labute approximate surface area is 151 Å². The maximum atomic E-state index is 12.0. The minimum atomic E-state index is -0.584. The maximum absolute atomic E-state index is 12.0. The molecule has 8 nitrogen and oxygen atoms in total. The molecule has 1 atom stereocenters. The van der Waals surface area contributed by atoms with E-state index in [1.165, 1.54) is 12.1 Å². The highest BCUT2D eigenvalue weighted by molar-refractivity contribution is 9.10. The fourth-order valence-corrected chi connectivity index (χ4v) is 2.15. The Bertz CT molecular complexity index is 808. The van der Waals surface area contributed by atoms with Gasteiger partial charge in [-0.2, -0.15) is 5.10 Å². The van der Waals surface area contributed by atoms with Gasteiger partial charge in [0, 0.05) is 27.9 Å². The van der Waals surface area contributed by atoms with E-state index in [0.29, 0.717) is 0 Å². The van der Waals surface area contributed by atoms with Crippen LogP contribution in [-0.4, -0.2) is 28.2 Å². The van der Waals surface area contributed by atoms with Crippen molar-refractivity contribution in [2.75, 3.05) is 5.32 Å². The summed E-state index contributed by atoms with van der Waals surface area (Å²) in [6, 6.07) is 10.3. The molecule has 0 spiro atoms. The van der Waals surface area contributed by atoms with Crippen molar-refractivity contribution in [1.29, 1.82) is 0 Å². The Balaban J connectivity index is 1.96. The summed E-state index contributed by atoms with van der Waals surface area (Å²) in [6.07, 6.45) is 1.15. The van der Waals surface area contributed by atoms with Crippen molar-refractivity contribution in [3.63, 3.8) is 0 Å². The second-order valence-corrected chi connectivity index (χ2v) is 6.02. The lowest BCUT2D eigenvalue weighted by molar-refractivity contribution is -0.384. The van der Waals surface area contributed by atoms with Gasteiger partial charge in [0.2, 0.25) is 0 Å². The van der Waals surface area contributed by atoms with Crippen molar-refractivity contribution in [3.05, 3.63) is 62.6 Å². The summed E-state index contributed by atoms with van der Waals surface area (Å²) >= 11 is 3.33. The zero-order valence-electron chi connectivity index (χ0n) is 13.1. The number of nitro benzene ring substituents is 1. The fraction of sp³-hybridized carbons (Fsp3) is 0.125. The number of carbonyl (C=O) groups is 1. The Kier molecular flexibility index (Phi) is 6.07. The summed E-state index contributed by atoms with van der Waals surface area (Å²) in [6.45, 7) is 1.66. The molecule has 0 aromatic heterocycles. The van der Waals surface area contributed by atoms with Crippen LogP contribution in [0.15, 0.2) is 52.0 Å². The van der Waals surface area contributed by atoms with E-state index >= 15 is 0 Å². The second kappa shape index (κ2) is 8.25. The molecule has 3 N–H and O–H groups in total. The molecule has 2 rings (SSSR count). The number of hydrogen-bond donors (Lipinski definition) is 3. The van der Waals surface area contributed by atoms with Crippen LogP contribution in [0, 0.1) is 10.1 Å². The van der Waals surface area contributed by atoms with Crippen LogP contribution in [0.2, 0.25) is 0 Å². The summed E-state index contributed by atoms with van der Waals surface area (Å²) in [5, 5.41) is 27.1. The average Bonchev–Trinajstić information content (AvgIpc) is 2.58. The van der Waals surface area contributed by atoms with Crippen molar-refractivity contribution in [1.82, 2.24) is 5.43 Å². The Hall–Kier alpha value is -2.94. The molecule has 1 amide bonds. The molecular weight excluding hydrogens is 392 g/mol. The van der Waals surface area contributed by atoms with E-state index in [9.17, 15) is 20.0 Å². The number of nitrogens with one attached hydrogen (secondary N) is 2. The molecule has 25 heavy (non-hydrogen) atoms.